The van der Waals surface area contributed by atoms with E-state index in [1.807, 2.05) is 19.1 Å². The van der Waals surface area contributed by atoms with Crippen LogP contribution in [0.4, 0.5) is 4.39 Å². The van der Waals surface area contributed by atoms with Crippen LogP contribution < -0.4 is 14.8 Å². The van der Waals surface area contributed by atoms with Crippen molar-refractivity contribution in [3.63, 3.8) is 0 Å². The predicted molar refractivity (Wildman–Crippen MR) is 125 cm³/mol. The molecule has 0 spiro atoms. The number of carbonyl (C=O) groups is 2. The summed E-state index contributed by atoms with van der Waals surface area (Å²) in [6.45, 7) is 1.90. The van der Waals surface area contributed by atoms with Crippen molar-refractivity contribution in [2.45, 2.75) is 38.7 Å². The van der Waals surface area contributed by atoms with Crippen molar-refractivity contribution in [2.75, 3.05) is 14.2 Å². The SMILES string of the molecule is COC(=O)C1=C(C)NC2=C(C(=O)CCC2)C1c1ccc(OC)c(COc2ccc(F)cc2Cl)c1. The van der Waals surface area contributed by atoms with Crippen LogP contribution in [0.1, 0.15) is 43.2 Å². The summed E-state index contributed by atoms with van der Waals surface area (Å²) < 4.78 is 29.8. The minimum atomic E-state index is -0.574. The molecule has 1 atom stereocenters. The van der Waals surface area contributed by atoms with Gasteiger partial charge in [-0.2, -0.15) is 0 Å². The largest absolute Gasteiger partial charge is 0.496 e. The molecule has 2 aromatic carbocycles. The molecule has 1 heterocycles. The van der Waals surface area contributed by atoms with E-state index >= 15 is 0 Å². The maximum atomic E-state index is 13.4. The summed E-state index contributed by atoms with van der Waals surface area (Å²) in [5.74, 6) is -0.612. The molecule has 0 aromatic heterocycles. The van der Waals surface area contributed by atoms with Crippen LogP contribution in [0.25, 0.3) is 0 Å². The number of methoxy groups -OCH3 is 2. The Kier molecular flexibility index (Phi) is 6.93. The number of ether oxygens (including phenoxy) is 3. The average Bonchev–Trinajstić information content (AvgIpc) is 2.82. The maximum absolute atomic E-state index is 13.4. The lowest BCUT2D eigenvalue weighted by Gasteiger charge is -2.34. The molecule has 0 radical (unpaired) electrons. The molecule has 0 saturated carbocycles. The van der Waals surface area contributed by atoms with E-state index in [-0.39, 0.29) is 17.4 Å². The Morgan fingerprint density at radius 3 is 2.62 bits per heavy atom. The minimum Gasteiger partial charge on any atom is -0.496 e. The summed E-state index contributed by atoms with van der Waals surface area (Å²) in [5, 5.41) is 3.41. The number of ketones is 1. The highest BCUT2D eigenvalue weighted by molar-refractivity contribution is 6.32. The van der Waals surface area contributed by atoms with Crippen molar-refractivity contribution in [3.8, 4) is 11.5 Å². The topological polar surface area (TPSA) is 73.9 Å². The molecule has 2 aromatic rings. The lowest BCUT2D eigenvalue weighted by Crippen LogP contribution is -2.34. The summed E-state index contributed by atoms with van der Waals surface area (Å²) in [7, 11) is 2.87. The summed E-state index contributed by atoms with van der Waals surface area (Å²) in [6, 6.07) is 9.38. The van der Waals surface area contributed by atoms with Crippen LogP contribution in [0.2, 0.25) is 5.02 Å². The van der Waals surface area contributed by atoms with Gasteiger partial charge in [0.05, 0.1) is 24.8 Å². The van der Waals surface area contributed by atoms with Crippen molar-refractivity contribution in [1.29, 1.82) is 0 Å². The van der Waals surface area contributed by atoms with Gasteiger partial charge in [0, 0.05) is 34.9 Å². The third-order valence-electron chi connectivity index (χ3n) is 6.10. The Labute approximate surface area is 202 Å². The molecule has 1 unspecified atom stereocenters. The van der Waals surface area contributed by atoms with E-state index in [1.54, 1.807) is 13.2 Å². The van der Waals surface area contributed by atoms with Gasteiger partial charge in [-0.05, 0) is 55.7 Å². The van der Waals surface area contributed by atoms with Gasteiger partial charge in [-0.25, -0.2) is 9.18 Å². The lowest BCUT2D eigenvalue weighted by atomic mass is 9.75. The second-order valence-corrected chi connectivity index (χ2v) is 8.60. The highest BCUT2D eigenvalue weighted by Crippen LogP contribution is 2.43. The average molecular weight is 486 g/mol. The Morgan fingerprint density at radius 1 is 1.15 bits per heavy atom. The smallest absolute Gasteiger partial charge is 0.336 e. The van der Waals surface area contributed by atoms with E-state index in [4.69, 9.17) is 25.8 Å². The van der Waals surface area contributed by atoms with Crippen LogP contribution in [0.3, 0.4) is 0 Å². The first-order valence-electron chi connectivity index (χ1n) is 10.9. The molecule has 1 aliphatic heterocycles. The highest BCUT2D eigenvalue weighted by Gasteiger charge is 2.39. The molecular formula is C26H25ClFNO5. The standard InChI is InChI=1S/C26H25ClFNO5/c1-14-23(26(31)33-3)24(25-19(29-14)5-4-6-20(25)30)15-7-9-21(32-2)16(11-15)13-34-22-10-8-17(28)12-18(22)27/h7-12,24,29H,4-6,13H2,1-3H3. The number of benzene rings is 2. The number of allylic oxidation sites excluding steroid dienone is 3. The zero-order valence-electron chi connectivity index (χ0n) is 19.2. The molecular weight excluding hydrogens is 461 g/mol. The molecule has 6 nitrogen and oxygen atoms in total. The van der Waals surface area contributed by atoms with Crippen LogP contribution in [0, 0.1) is 5.82 Å². The number of hydrogen-bond acceptors (Lipinski definition) is 6. The number of halogens is 2. The molecule has 1 aliphatic carbocycles. The maximum Gasteiger partial charge on any atom is 0.336 e. The van der Waals surface area contributed by atoms with Gasteiger partial charge in [-0.1, -0.05) is 17.7 Å². The molecule has 1 N–H and O–H groups in total. The van der Waals surface area contributed by atoms with Gasteiger partial charge < -0.3 is 19.5 Å². The number of esters is 1. The predicted octanol–water partition coefficient (Wildman–Crippen LogP) is 5.21. The van der Waals surface area contributed by atoms with Gasteiger partial charge in [0.15, 0.2) is 5.78 Å². The fourth-order valence-corrected chi connectivity index (χ4v) is 4.76. The molecule has 178 valence electrons. The Hall–Kier alpha value is -3.32. The molecule has 8 heteroatoms. The second kappa shape index (κ2) is 9.89. The van der Waals surface area contributed by atoms with Crippen molar-refractivity contribution < 1.29 is 28.2 Å². The first-order chi connectivity index (χ1) is 16.3. The van der Waals surface area contributed by atoms with E-state index in [9.17, 15) is 14.0 Å². The zero-order valence-corrected chi connectivity index (χ0v) is 19.9. The molecule has 2 aliphatic rings. The first kappa shape index (κ1) is 23.8. The number of rotatable bonds is 6. The van der Waals surface area contributed by atoms with E-state index < -0.39 is 17.7 Å². The molecule has 0 fully saturated rings. The van der Waals surface area contributed by atoms with Crippen molar-refractivity contribution >= 4 is 23.4 Å². The van der Waals surface area contributed by atoms with Crippen LogP contribution in [0.5, 0.6) is 11.5 Å². The quantitative estimate of drug-likeness (QED) is 0.566. The number of carbonyl (C=O) groups excluding carboxylic acids is 2. The third-order valence-corrected chi connectivity index (χ3v) is 6.39. The molecule has 0 saturated heterocycles. The molecule has 34 heavy (non-hydrogen) atoms. The number of Topliss-reactive ketones (excluding diaryl/α,β-unsaturated/α-hetero) is 1. The minimum absolute atomic E-state index is 0.0133. The normalized spacial score (nSPS) is 17.8. The third kappa shape index (κ3) is 4.53. The molecule has 0 amide bonds. The Bertz CT molecular complexity index is 1220. The van der Waals surface area contributed by atoms with Gasteiger partial charge in [-0.3, -0.25) is 4.79 Å². The second-order valence-electron chi connectivity index (χ2n) is 8.19. The molecule has 0 bridgehead atoms. The van der Waals surface area contributed by atoms with Gasteiger partial charge >= 0.3 is 5.97 Å². The fraction of sp³-hybridized carbons (Fsp3) is 0.308. The van der Waals surface area contributed by atoms with Crippen LogP contribution >= 0.6 is 11.6 Å². The van der Waals surface area contributed by atoms with Gasteiger partial charge in [0.2, 0.25) is 0 Å². The summed E-state index contributed by atoms with van der Waals surface area (Å²) >= 11 is 6.10. The van der Waals surface area contributed by atoms with Gasteiger partial charge in [0.25, 0.3) is 0 Å². The van der Waals surface area contributed by atoms with E-state index in [0.717, 1.165) is 24.1 Å². The van der Waals surface area contributed by atoms with E-state index in [0.29, 0.717) is 40.3 Å². The van der Waals surface area contributed by atoms with Crippen molar-refractivity contribution in [2.24, 2.45) is 0 Å². The number of nitrogens with one attached hydrogen (secondary N) is 1. The molecule has 4 rings (SSSR count). The van der Waals surface area contributed by atoms with Crippen LogP contribution in [-0.2, 0) is 20.9 Å². The van der Waals surface area contributed by atoms with Crippen molar-refractivity contribution in [1.82, 2.24) is 5.32 Å². The summed E-state index contributed by atoms with van der Waals surface area (Å²) in [4.78, 5) is 25.8. The highest BCUT2D eigenvalue weighted by atomic mass is 35.5. The van der Waals surface area contributed by atoms with E-state index in [2.05, 4.69) is 5.32 Å². The number of hydrogen-bond donors (Lipinski definition) is 1. The van der Waals surface area contributed by atoms with Crippen molar-refractivity contribution in [3.05, 3.63) is 80.9 Å². The van der Waals surface area contributed by atoms with Gasteiger partial charge in [0.1, 0.15) is 23.9 Å². The Balaban J connectivity index is 1.76. The number of dihydropyridines is 1. The van der Waals surface area contributed by atoms with Crippen LogP contribution in [-0.4, -0.2) is 26.0 Å². The van der Waals surface area contributed by atoms with E-state index in [1.165, 1.54) is 25.3 Å². The van der Waals surface area contributed by atoms with Crippen LogP contribution in [0.15, 0.2) is 58.9 Å². The Morgan fingerprint density at radius 2 is 1.91 bits per heavy atom. The monoisotopic (exact) mass is 485 g/mol. The fourth-order valence-electron chi connectivity index (χ4n) is 4.54. The lowest BCUT2D eigenvalue weighted by molar-refractivity contribution is -0.136. The van der Waals surface area contributed by atoms with Gasteiger partial charge in [-0.15, -0.1) is 0 Å². The summed E-state index contributed by atoms with van der Waals surface area (Å²) in [5.41, 5.74) is 3.93. The zero-order chi connectivity index (χ0) is 24.4. The first-order valence-corrected chi connectivity index (χ1v) is 11.3. The summed E-state index contributed by atoms with van der Waals surface area (Å²) in [6.07, 6.45) is 1.93.